The molecule has 0 unspecified atom stereocenters. The van der Waals surface area contributed by atoms with Gasteiger partial charge < -0.3 is 9.73 Å². The van der Waals surface area contributed by atoms with Crippen LogP contribution in [-0.4, -0.2) is 25.5 Å². The maximum absolute atomic E-state index is 12.0. The van der Waals surface area contributed by atoms with E-state index in [9.17, 15) is 9.59 Å². The zero-order valence-electron chi connectivity index (χ0n) is 10.6. The van der Waals surface area contributed by atoms with Gasteiger partial charge in [-0.1, -0.05) is 0 Å². The van der Waals surface area contributed by atoms with E-state index in [1.54, 1.807) is 19.2 Å². The van der Waals surface area contributed by atoms with Crippen LogP contribution in [0, 0.1) is 13.8 Å². The Hall–Kier alpha value is -2.55. The van der Waals surface area contributed by atoms with E-state index in [0.29, 0.717) is 16.5 Å². The molecule has 3 aromatic rings. The molecule has 8 nitrogen and oxygen atoms in total. The summed E-state index contributed by atoms with van der Waals surface area (Å²) in [5.41, 5.74) is 0.0844. The topological polar surface area (TPSA) is 102 Å². The monoisotopic (exact) mass is 291 g/mol. The molecule has 0 saturated heterocycles. The highest BCUT2D eigenvalue weighted by atomic mass is 32.1. The van der Waals surface area contributed by atoms with Gasteiger partial charge in [0.2, 0.25) is 4.96 Å². The van der Waals surface area contributed by atoms with Gasteiger partial charge in [-0.2, -0.15) is 14.6 Å². The summed E-state index contributed by atoms with van der Waals surface area (Å²) in [4.78, 5) is 31.6. The van der Waals surface area contributed by atoms with Gasteiger partial charge in [-0.15, -0.1) is 11.3 Å². The summed E-state index contributed by atoms with van der Waals surface area (Å²) in [7, 11) is 0. The summed E-state index contributed by atoms with van der Waals surface area (Å²) < 4.78 is 6.39. The van der Waals surface area contributed by atoms with Gasteiger partial charge >= 0.3 is 0 Å². The van der Waals surface area contributed by atoms with Gasteiger partial charge in [-0.3, -0.25) is 9.59 Å². The minimum atomic E-state index is -0.408. The Morgan fingerprint density at radius 3 is 2.95 bits per heavy atom. The largest absolute Gasteiger partial charge is 0.448 e. The molecule has 0 aliphatic rings. The fraction of sp³-hybridized carbons (Fsp3) is 0.182. The van der Waals surface area contributed by atoms with Crippen molar-refractivity contribution in [2.24, 2.45) is 0 Å². The van der Waals surface area contributed by atoms with Gasteiger partial charge in [-0.25, -0.2) is 4.98 Å². The van der Waals surface area contributed by atoms with Crippen LogP contribution in [0.3, 0.4) is 0 Å². The first-order chi connectivity index (χ1) is 9.56. The maximum Gasteiger partial charge on any atom is 0.295 e. The first-order valence-corrected chi connectivity index (χ1v) is 6.51. The van der Waals surface area contributed by atoms with Crippen LogP contribution in [-0.2, 0) is 0 Å². The molecule has 1 amide bonds. The Balaban J connectivity index is 1.99. The van der Waals surface area contributed by atoms with Crippen molar-refractivity contribution >= 4 is 28.0 Å². The third-order valence-corrected chi connectivity index (χ3v) is 3.46. The Kier molecular flexibility index (Phi) is 2.83. The number of nitrogens with one attached hydrogen (secondary N) is 1. The lowest BCUT2D eigenvalue weighted by molar-refractivity contribution is 0.102. The highest BCUT2D eigenvalue weighted by Crippen LogP contribution is 2.17. The van der Waals surface area contributed by atoms with Crippen molar-refractivity contribution in [3.63, 3.8) is 0 Å². The highest BCUT2D eigenvalue weighted by molar-refractivity contribution is 7.15. The molecular weight excluding hydrogens is 282 g/mol. The lowest BCUT2D eigenvalue weighted by atomic mass is 10.3. The number of anilines is 1. The van der Waals surface area contributed by atoms with E-state index in [2.05, 4.69) is 20.4 Å². The first kappa shape index (κ1) is 12.5. The van der Waals surface area contributed by atoms with Crippen LogP contribution in [0.1, 0.15) is 21.9 Å². The van der Waals surface area contributed by atoms with Gasteiger partial charge in [0.05, 0.1) is 0 Å². The molecule has 9 heteroatoms. The lowest BCUT2D eigenvalue weighted by Crippen LogP contribution is -2.18. The Labute approximate surface area is 116 Å². The smallest absolute Gasteiger partial charge is 0.295 e. The van der Waals surface area contributed by atoms with E-state index in [4.69, 9.17) is 4.42 Å². The minimum absolute atomic E-state index is 0.204. The van der Waals surface area contributed by atoms with Crippen molar-refractivity contribution in [2.75, 3.05) is 5.32 Å². The predicted molar refractivity (Wildman–Crippen MR) is 71.1 cm³/mol. The quantitative estimate of drug-likeness (QED) is 0.756. The number of hydrogen-bond donors (Lipinski definition) is 1. The summed E-state index contributed by atoms with van der Waals surface area (Å²) in [6, 6.07) is 0. The van der Waals surface area contributed by atoms with Crippen LogP contribution in [0.2, 0.25) is 0 Å². The van der Waals surface area contributed by atoms with Crippen LogP contribution in [0.5, 0.6) is 0 Å². The van der Waals surface area contributed by atoms with Crippen molar-refractivity contribution in [3.05, 3.63) is 39.3 Å². The molecule has 0 spiro atoms. The molecule has 0 aliphatic carbocycles. The van der Waals surface area contributed by atoms with Crippen LogP contribution in [0.15, 0.2) is 21.0 Å². The van der Waals surface area contributed by atoms with Gasteiger partial charge in [0.1, 0.15) is 17.3 Å². The number of carbonyl (C=O) groups excluding carboxylic acids is 1. The number of carbonyl (C=O) groups is 1. The first-order valence-electron chi connectivity index (χ1n) is 5.63. The van der Waals surface area contributed by atoms with Crippen molar-refractivity contribution in [3.8, 4) is 0 Å². The molecular formula is C11H9N5O3S. The number of rotatable bonds is 2. The van der Waals surface area contributed by atoms with Crippen LogP contribution >= 0.6 is 11.3 Å². The number of amides is 1. The standard InChI is InChI=1S/C11H9N5O3S/c1-5-9(17)14-11-16(15-5)7(3-20-11)13-10(18)8-6(2)19-4-12-8/h3-4H,1-2H3,(H,13,18). The molecule has 20 heavy (non-hydrogen) atoms. The number of oxazole rings is 1. The fourth-order valence-electron chi connectivity index (χ4n) is 1.62. The average molecular weight is 291 g/mol. The van der Waals surface area contributed by atoms with E-state index >= 15 is 0 Å². The van der Waals surface area contributed by atoms with Crippen molar-refractivity contribution in [2.45, 2.75) is 13.8 Å². The van der Waals surface area contributed by atoms with Crippen LogP contribution in [0.4, 0.5) is 5.82 Å². The summed E-state index contributed by atoms with van der Waals surface area (Å²) in [6.45, 7) is 3.21. The van der Waals surface area contributed by atoms with Crippen molar-refractivity contribution < 1.29 is 9.21 Å². The number of aryl methyl sites for hydroxylation is 2. The fourth-order valence-corrected chi connectivity index (χ4v) is 2.37. The highest BCUT2D eigenvalue weighted by Gasteiger charge is 2.16. The van der Waals surface area contributed by atoms with Gasteiger partial charge in [0.15, 0.2) is 12.1 Å². The molecule has 0 aromatic carbocycles. The second-order valence-electron chi connectivity index (χ2n) is 4.03. The summed E-state index contributed by atoms with van der Waals surface area (Å²) in [5, 5.41) is 8.40. The van der Waals surface area contributed by atoms with Crippen molar-refractivity contribution in [1.29, 1.82) is 0 Å². The number of nitrogens with zero attached hydrogens (tertiary/aromatic N) is 4. The molecule has 0 bridgehead atoms. The summed E-state index contributed by atoms with van der Waals surface area (Å²) in [6.07, 6.45) is 1.21. The molecule has 0 radical (unpaired) electrons. The van der Waals surface area contributed by atoms with Crippen LogP contribution in [0.25, 0.3) is 4.96 Å². The Morgan fingerprint density at radius 1 is 1.45 bits per heavy atom. The molecule has 102 valence electrons. The molecule has 0 fully saturated rings. The Morgan fingerprint density at radius 2 is 2.25 bits per heavy atom. The maximum atomic E-state index is 12.0. The third kappa shape index (κ3) is 1.97. The molecule has 0 saturated carbocycles. The number of hydrogen-bond acceptors (Lipinski definition) is 7. The van der Waals surface area contributed by atoms with E-state index < -0.39 is 5.91 Å². The minimum Gasteiger partial charge on any atom is -0.448 e. The van der Waals surface area contributed by atoms with E-state index in [1.165, 1.54) is 22.2 Å². The number of fused-ring (bicyclic) bond motifs is 1. The zero-order valence-corrected chi connectivity index (χ0v) is 11.4. The second kappa shape index (κ2) is 4.53. The summed E-state index contributed by atoms with van der Waals surface area (Å²) >= 11 is 1.21. The van der Waals surface area contributed by atoms with Gasteiger partial charge in [0, 0.05) is 5.38 Å². The van der Waals surface area contributed by atoms with E-state index in [-0.39, 0.29) is 16.9 Å². The molecule has 3 rings (SSSR count). The van der Waals surface area contributed by atoms with Crippen molar-refractivity contribution in [1.82, 2.24) is 19.6 Å². The zero-order chi connectivity index (χ0) is 14.3. The SMILES string of the molecule is Cc1ocnc1C(=O)Nc1csc2nc(=O)c(C)nn12. The number of thiazole rings is 1. The molecule has 0 atom stereocenters. The third-order valence-electron chi connectivity index (χ3n) is 2.64. The molecule has 3 heterocycles. The Bertz CT molecular complexity index is 862. The van der Waals surface area contributed by atoms with E-state index in [0.717, 1.165) is 0 Å². The van der Waals surface area contributed by atoms with Gasteiger partial charge in [-0.05, 0) is 13.8 Å². The summed E-state index contributed by atoms with van der Waals surface area (Å²) in [5.74, 6) is 0.443. The lowest BCUT2D eigenvalue weighted by Gasteiger charge is -2.02. The average Bonchev–Trinajstić information content (AvgIpc) is 2.98. The normalized spacial score (nSPS) is 10.9. The predicted octanol–water partition coefficient (Wildman–Crippen LogP) is 1.01. The molecule has 0 aliphatic heterocycles. The molecule has 3 aromatic heterocycles. The second-order valence-corrected chi connectivity index (χ2v) is 4.87. The van der Waals surface area contributed by atoms with E-state index in [1.807, 2.05) is 0 Å². The van der Waals surface area contributed by atoms with Gasteiger partial charge in [0.25, 0.3) is 11.5 Å². The molecule has 1 N–H and O–H groups in total. The number of aromatic nitrogens is 4. The van der Waals surface area contributed by atoms with Crippen LogP contribution < -0.4 is 10.9 Å².